The van der Waals surface area contributed by atoms with E-state index in [0.29, 0.717) is 0 Å². The Bertz CT molecular complexity index is 1210. The van der Waals surface area contributed by atoms with E-state index in [4.69, 9.17) is 4.74 Å². The van der Waals surface area contributed by atoms with Crippen LogP contribution in [-0.2, 0) is 9.53 Å². The van der Waals surface area contributed by atoms with Gasteiger partial charge in [0.05, 0.1) is 11.3 Å². The van der Waals surface area contributed by atoms with Crippen molar-refractivity contribution >= 4 is 23.7 Å². The molecule has 2 amide bonds. The number of rotatable bonds is 7. The Kier molecular flexibility index (Phi) is 6.58. The average Bonchev–Trinajstić information content (AvgIpc) is 3.15. The lowest BCUT2D eigenvalue weighted by molar-refractivity contribution is -0.118. The maximum absolute atomic E-state index is 13.4. The summed E-state index contributed by atoms with van der Waals surface area (Å²) in [4.78, 5) is 36.5. The van der Waals surface area contributed by atoms with Gasteiger partial charge in [-0.3, -0.25) is 4.79 Å². The minimum absolute atomic E-state index is 0.0633. The van der Waals surface area contributed by atoms with Gasteiger partial charge in [-0.25, -0.2) is 14.0 Å². The Labute approximate surface area is 195 Å². The number of carbonyl (C=O) groups excluding carboxylic acids is 2. The zero-order valence-corrected chi connectivity index (χ0v) is 18.4. The fourth-order valence-corrected chi connectivity index (χ4v) is 4.16. The molecule has 4 rings (SSSR count). The van der Waals surface area contributed by atoms with E-state index in [1.165, 1.54) is 0 Å². The second-order valence-electron chi connectivity index (χ2n) is 7.92. The maximum atomic E-state index is 13.4. The number of carbonyl (C=O) groups is 3. The fraction of sp³-hybridized carbons (Fsp3) is 0.192. The van der Waals surface area contributed by atoms with Gasteiger partial charge >= 0.3 is 12.1 Å². The van der Waals surface area contributed by atoms with E-state index in [2.05, 4.69) is 10.6 Å². The summed E-state index contributed by atoms with van der Waals surface area (Å²) in [5, 5.41) is 14.2. The summed E-state index contributed by atoms with van der Waals surface area (Å²) < 4.78 is 18.9. The second-order valence-corrected chi connectivity index (χ2v) is 7.92. The van der Waals surface area contributed by atoms with Gasteiger partial charge in [-0.2, -0.15) is 0 Å². The molecule has 0 unspecified atom stereocenters. The molecule has 1 aliphatic rings. The molecule has 1 aliphatic carbocycles. The number of hydrogen-bond acceptors (Lipinski definition) is 4. The first kappa shape index (κ1) is 23.0. The molecule has 0 fully saturated rings. The monoisotopic (exact) mass is 462 g/mol. The molecule has 0 aromatic heterocycles. The molecule has 0 heterocycles. The van der Waals surface area contributed by atoms with Crippen molar-refractivity contribution in [3.63, 3.8) is 0 Å². The van der Waals surface area contributed by atoms with Gasteiger partial charge < -0.3 is 20.5 Å². The van der Waals surface area contributed by atoms with Gasteiger partial charge in [0.2, 0.25) is 5.91 Å². The highest BCUT2D eigenvalue weighted by molar-refractivity contribution is 6.02. The number of anilines is 1. The minimum atomic E-state index is -1.38. The molecule has 3 aromatic carbocycles. The van der Waals surface area contributed by atoms with Crippen molar-refractivity contribution in [2.75, 3.05) is 11.9 Å². The van der Waals surface area contributed by atoms with Crippen molar-refractivity contribution in [2.24, 2.45) is 0 Å². The number of hydrogen-bond donors (Lipinski definition) is 3. The van der Waals surface area contributed by atoms with Gasteiger partial charge in [0.1, 0.15) is 18.5 Å². The molecule has 0 saturated carbocycles. The lowest BCUT2D eigenvalue weighted by Gasteiger charge is -2.19. The molecule has 0 spiro atoms. The predicted molar refractivity (Wildman–Crippen MR) is 124 cm³/mol. The zero-order chi connectivity index (χ0) is 24.2. The van der Waals surface area contributed by atoms with Crippen molar-refractivity contribution < 1.29 is 28.6 Å². The van der Waals surface area contributed by atoms with E-state index < -0.39 is 29.8 Å². The third-order valence-electron chi connectivity index (χ3n) is 5.83. The van der Waals surface area contributed by atoms with Gasteiger partial charge in [0, 0.05) is 5.92 Å². The summed E-state index contributed by atoms with van der Waals surface area (Å²) in [7, 11) is 0. The number of benzene rings is 3. The molecule has 0 aliphatic heterocycles. The molecular weight excluding hydrogens is 439 g/mol. The number of ether oxygens (including phenoxy) is 1. The van der Waals surface area contributed by atoms with Crippen LogP contribution in [0.3, 0.4) is 0 Å². The topological polar surface area (TPSA) is 105 Å². The van der Waals surface area contributed by atoms with Gasteiger partial charge in [-0.05, 0) is 46.9 Å². The van der Waals surface area contributed by atoms with Crippen LogP contribution in [0.2, 0.25) is 0 Å². The number of nitrogens with one attached hydrogen (secondary N) is 2. The van der Waals surface area contributed by atoms with Gasteiger partial charge in [0.25, 0.3) is 0 Å². The average molecular weight is 462 g/mol. The summed E-state index contributed by atoms with van der Waals surface area (Å²) in [6, 6.07) is 17.9. The van der Waals surface area contributed by atoms with Crippen LogP contribution in [0.15, 0.2) is 66.7 Å². The van der Waals surface area contributed by atoms with Crippen LogP contribution in [0.5, 0.6) is 0 Å². The van der Waals surface area contributed by atoms with Crippen LogP contribution < -0.4 is 10.6 Å². The summed E-state index contributed by atoms with van der Waals surface area (Å²) in [6.07, 6.45) is -0.527. The molecule has 3 aromatic rings. The number of alkyl carbamates (subject to hydrolysis) is 1. The molecule has 0 radical (unpaired) electrons. The Morgan fingerprint density at radius 3 is 2.21 bits per heavy atom. The van der Waals surface area contributed by atoms with Crippen molar-refractivity contribution in [1.29, 1.82) is 0 Å². The fourth-order valence-electron chi connectivity index (χ4n) is 4.16. The summed E-state index contributed by atoms with van der Waals surface area (Å²) in [5.74, 6) is -2.87. The Morgan fingerprint density at radius 2 is 1.62 bits per heavy atom. The number of halogens is 1. The maximum Gasteiger partial charge on any atom is 0.407 e. The Morgan fingerprint density at radius 1 is 1.00 bits per heavy atom. The zero-order valence-electron chi connectivity index (χ0n) is 18.4. The van der Waals surface area contributed by atoms with Crippen LogP contribution in [0.1, 0.15) is 40.7 Å². The quantitative estimate of drug-likeness (QED) is 0.469. The summed E-state index contributed by atoms with van der Waals surface area (Å²) in [6.45, 7) is 1.79. The minimum Gasteiger partial charge on any atom is -0.478 e. The molecule has 0 bridgehead atoms. The SMILES string of the molecule is CC[C@H](NC(=O)OCC1c2ccccc2-c2ccccc21)C(=O)Nc1ccc(F)cc1C(=O)O. The highest BCUT2D eigenvalue weighted by Gasteiger charge is 2.29. The van der Waals surface area contributed by atoms with Gasteiger partial charge in [0.15, 0.2) is 0 Å². The van der Waals surface area contributed by atoms with E-state index in [-0.39, 0.29) is 30.2 Å². The van der Waals surface area contributed by atoms with Gasteiger partial charge in [-0.15, -0.1) is 0 Å². The third kappa shape index (κ3) is 4.61. The number of aromatic carboxylic acids is 1. The molecule has 1 atom stereocenters. The van der Waals surface area contributed by atoms with Crippen LogP contribution >= 0.6 is 0 Å². The molecule has 174 valence electrons. The van der Waals surface area contributed by atoms with Crippen molar-refractivity contribution in [3.8, 4) is 11.1 Å². The number of carboxylic acid groups (broad SMARTS) is 1. The highest BCUT2D eigenvalue weighted by atomic mass is 19.1. The standard InChI is InChI=1S/C26H23FN2O5/c1-2-22(24(30)28-23-12-11-15(27)13-20(23)25(31)32)29-26(33)34-14-21-18-9-5-3-7-16(18)17-8-4-6-10-19(17)21/h3-13,21-22H,2,14H2,1H3,(H,28,30)(H,29,33)(H,31,32)/t22-/m0/s1. The Balaban J connectivity index is 1.41. The van der Waals surface area contributed by atoms with E-state index in [0.717, 1.165) is 40.5 Å². The summed E-state index contributed by atoms with van der Waals surface area (Å²) >= 11 is 0. The van der Waals surface area contributed by atoms with E-state index in [1.807, 2.05) is 48.5 Å². The van der Waals surface area contributed by atoms with Crippen LogP contribution in [0.4, 0.5) is 14.9 Å². The molecule has 3 N–H and O–H groups in total. The van der Waals surface area contributed by atoms with Crippen molar-refractivity contribution in [2.45, 2.75) is 25.3 Å². The third-order valence-corrected chi connectivity index (χ3v) is 5.83. The first-order valence-corrected chi connectivity index (χ1v) is 10.8. The smallest absolute Gasteiger partial charge is 0.407 e. The van der Waals surface area contributed by atoms with E-state index in [1.54, 1.807) is 6.92 Å². The van der Waals surface area contributed by atoms with E-state index in [9.17, 15) is 23.9 Å². The van der Waals surface area contributed by atoms with Crippen LogP contribution in [0, 0.1) is 5.82 Å². The normalized spacial score (nSPS) is 12.9. The first-order chi connectivity index (χ1) is 16.4. The second kappa shape index (κ2) is 9.74. The number of amides is 2. The Hall–Kier alpha value is -4.20. The predicted octanol–water partition coefficient (Wildman–Crippen LogP) is 4.78. The first-order valence-electron chi connectivity index (χ1n) is 10.8. The van der Waals surface area contributed by atoms with Crippen molar-refractivity contribution in [3.05, 3.63) is 89.2 Å². The highest BCUT2D eigenvalue weighted by Crippen LogP contribution is 2.44. The largest absolute Gasteiger partial charge is 0.478 e. The van der Waals surface area contributed by atoms with Gasteiger partial charge in [-0.1, -0.05) is 55.5 Å². The van der Waals surface area contributed by atoms with Crippen LogP contribution in [-0.4, -0.2) is 35.7 Å². The van der Waals surface area contributed by atoms with Crippen LogP contribution in [0.25, 0.3) is 11.1 Å². The lowest BCUT2D eigenvalue weighted by Crippen LogP contribution is -2.44. The lowest BCUT2D eigenvalue weighted by atomic mass is 9.98. The van der Waals surface area contributed by atoms with Crippen molar-refractivity contribution in [1.82, 2.24) is 5.32 Å². The van der Waals surface area contributed by atoms with E-state index >= 15 is 0 Å². The molecular formula is C26H23FN2O5. The molecule has 8 heteroatoms. The number of carboxylic acids is 1. The number of fused-ring (bicyclic) bond motifs is 3. The summed E-state index contributed by atoms with van der Waals surface area (Å²) in [5.41, 5.74) is 3.89. The molecule has 0 saturated heterocycles. The molecule has 34 heavy (non-hydrogen) atoms. The molecule has 7 nitrogen and oxygen atoms in total.